The molecule has 3 aromatic rings. The molecule has 0 aliphatic carbocycles. The van der Waals surface area contributed by atoms with Crippen LogP contribution in [-0.4, -0.2) is 21.8 Å². The quantitative estimate of drug-likeness (QED) is 0.572. The third-order valence-corrected chi connectivity index (χ3v) is 3.21. The van der Waals surface area contributed by atoms with Gasteiger partial charge in [-0.15, -0.1) is 0 Å². The van der Waals surface area contributed by atoms with E-state index < -0.39 is 5.91 Å². The SMILES string of the molecule is O=C(/C=C/c1cnc2ccccc2n1)NNC(=O)c1ccccc1. The average molecular weight is 318 g/mol. The summed E-state index contributed by atoms with van der Waals surface area (Å²) in [5.41, 5.74) is 7.20. The van der Waals surface area contributed by atoms with Gasteiger partial charge in [0.1, 0.15) is 0 Å². The van der Waals surface area contributed by atoms with Gasteiger partial charge in [-0.25, -0.2) is 4.98 Å². The van der Waals surface area contributed by atoms with Gasteiger partial charge in [-0.05, 0) is 30.3 Å². The van der Waals surface area contributed by atoms with Gasteiger partial charge < -0.3 is 0 Å². The molecular weight excluding hydrogens is 304 g/mol. The van der Waals surface area contributed by atoms with Gasteiger partial charge in [0.05, 0.1) is 22.9 Å². The Kier molecular flexibility index (Phi) is 4.57. The fraction of sp³-hybridized carbons (Fsp3) is 0. The van der Waals surface area contributed by atoms with Crippen LogP contribution in [0.5, 0.6) is 0 Å². The van der Waals surface area contributed by atoms with E-state index in [2.05, 4.69) is 20.8 Å². The molecule has 0 saturated carbocycles. The maximum Gasteiger partial charge on any atom is 0.269 e. The average Bonchev–Trinajstić information content (AvgIpc) is 2.65. The lowest BCUT2D eigenvalue weighted by Gasteiger charge is -2.04. The van der Waals surface area contributed by atoms with Crippen LogP contribution in [0.3, 0.4) is 0 Å². The standard InChI is InChI=1S/C18H14N4O2/c23-17(21-22-18(24)13-6-2-1-3-7-13)11-10-14-12-19-15-8-4-5-9-16(15)20-14/h1-12H,(H,21,23)(H,22,24)/b11-10+. The van der Waals surface area contributed by atoms with Crippen LogP contribution < -0.4 is 10.9 Å². The van der Waals surface area contributed by atoms with Crippen molar-refractivity contribution in [1.29, 1.82) is 0 Å². The highest BCUT2D eigenvalue weighted by Gasteiger charge is 2.04. The molecule has 1 heterocycles. The summed E-state index contributed by atoms with van der Waals surface area (Å²) < 4.78 is 0. The van der Waals surface area contributed by atoms with Crippen molar-refractivity contribution in [1.82, 2.24) is 20.8 Å². The second-order valence-electron chi connectivity index (χ2n) is 4.93. The van der Waals surface area contributed by atoms with Crippen molar-refractivity contribution in [2.45, 2.75) is 0 Å². The zero-order valence-electron chi connectivity index (χ0n) is 12.6. The highest BCUT2D eigenvalue weighted by Crippen LogP contribution is 2.09. The smallest absolute Gasteiger partial charge is 0.268 e. The number of nitrogens with zero attached hydrogens (tertiary/aromatic N) is 2. The van der Waals surface area contributed by atoms with E-state index in [1.165, 1.54) is 12.2 Å². The maximum atomic E-state index is 11.8. The number of aromatic nitrogens is 2. The van der Waals surface area contributed by atoms with Crippen molar-refractivity contribution >= 4 is 28.9 Å². The molecule has 3 rings (SSSR count). The van der Waals surface area contributed by atoms with Crippen molar-refractivity contribution < 1.29 is 9.59 Å². The first-order valence-corrected chi connectivity index (χ1v) is 7.27. The predicted octanol–water partition coefficient (Wildman–Crippen LogP) is 2.10. The lowest BCUT2D eigenvalue weighted by atomic mass is 10.2. The first kappa shape index (κ1) is 15.4. The third-order valence-electron chi connectivity index (χ3n) is 3.21. The second-order valence-corrected chi connectivity index (χ2v) is 4.93. The first-order valence-electron chi connectivity index (χ1n) is 7.27. The Bertz CT molecular complexity index is 907. The molecule has 0 radical (unpaired) electrons. The van der Waals surface area contributed by atoms with Crippen LogP contribution in [0, 0.1) is 0 Å². The topological polar surface area (TPSA) is 84.0 Å². The first-order chi connectivity index (χ1) is 11.7. The van der Waals surface area contributed by atoms with Gasteiger partial charge in [0, 0.05) is 11.6 Å². The minimum absolute atomic E-state index is 0.386. The molecule has 0 saturated heterocycles. The van der Waals surface area contributed by atoms with Crippen molar-refractivity contribution in [2.75, 3.05) is 0 Å². The maximum absolute atomic E-state index is 11.8. The number of hydrogen-bond acceptors (Lipinski definition) is 4. The van der Waals surface area contributed by atoms with Crippen LogP contribution >= 0.6 is 0 Å². The van der Waals surface area contributed by atoms with Crippen LogP contribution in [0.25, 0.3) is 17.1 Å². The van der Waals surface area contributed by atoms with E-state index in [4.69, 9.17) is 0 Å². The number of carbonyl (C=O) groups excluding carboxylic acids is 2. The van der Waals surface area contributed by atoms with Crippen molar-refractivity contribution in [2.24, 2.45) is 0 Å². The number of fused-ring (bicyclic) bond motifs is 1. The summed E-state index contributed by atoms with van der Waals surface area (Å²) in [4.78, 5) is 32.2. The molecule has 0 atom stereocenters. The summed E-state index contributed by atoms with van der Waals surface area (Å²) >= 11 is 0. The Labute approximate surface area is 138 Å². The van der Waals surface area contributed by atoms with E-state index in [0.29, 0.717) is 11.3 Å². The lowest BCUT2D eigenvalue weighted by Crippen LogP contribution is -2.40. The summed E-state index contributed by atoms with van der Waals surface area (Å²) in [5, 5.41) is 0. The number of hydrogen-bond donors (Lipinski definition) is 2. The Balaban J connectivity index is 1.59. The van der Waals surface area contributed by atoms with E-state index >= 15 is 0 Å². The molecule has 6 heteroatoms. The van der Waals surface area contributed by atoms with Gasteiger partial charge in [0.2, 0.25) is 0 Å². The minimum Gasteiger partial charge on any atom is -0.268 e. The molecule has 0 aliphatic rings. The van der Waals surface area contributed by atoms with E-state index in [1.54, 1.807) is 30.5 Å². The monoisotopic (exact) mass is 318 g/mol. The molecular formula is C18H14N4O2. The zero-order chi connectivity index (χ0) is 16.8. The molecule has 2 aromatic carbocycles. The lowest BCUT2D eigenvalue weighted by molar-refractivity contribution is -0.117. The highest BCUT2D eigenvalue weighted by molar-refractivity contribution is 5.97. The van der Waals surface area contributed by atoms with Gasteiger partial charge in [-0.1, -0.05) is 30.3 Å². The van der Waals surface area contributed by atoms with Crippen LogP contribution in [0.4, 0.5) is 0 Å². The largest absolute Gasteiger partial charge is 0.269 e. The highest BCUT2D eigenvalue weighted by atomic mass is 16.2. The van der Waals surface area contributed by atoms with E-state index in [0.717, 1.165) is 11.0 Å². The van der Waals surface area contributed by atoms with Gasteiger partial charge in [-0.2, -0.15) is 0 Å². The normalized spacial score (nSPS) is 10.7. The van der Waals surface area contributed by atoms with Crippen LogP contribution in [-0.2, 0) is 4.79 Å². The number of nitrogens with one attached hydrogen (secondary N) is 2. The summed E-state index contributed by atoms with van der Waals surface area (Å²) in [7, 11) is 0. The summed E-state index contributed by atoms with van der Waals surface area (Å²) in [5.74, 6) is -0.850. The number of amides is 2. The van der Waals surface area contributed by atoms with Crippen molar-refractivity contribution in [3.8, 4) is 0 Å². The van der Waals surface area contributed by atoms with E-state index in [-0.39, 0.29) is 5.91 Å². The fourth-order valence-electron chi connectivity index (χ4n) is 2.03. The Hall–Kier alpha value is -3.54. The molecule has 1 aromatic heterocycles. The minimum atomic E-state index is -0.464. The molecule has 0 bridgehead atoms. The van der Waals surface area contributed by atoms with Crippen LogP contribution in [0.2, 0.25) is 0 Å². The Morgan fingerprint density at radius 2 is 1.58 bits per heavy atom. The Morgan fingerprint density at radius 3 is 2.38 bits per heavy atom. The summed E-state index contributed by atoms with van der Waals surface area (Å²) in [6.45, 7) is 0. The third kappa shape index (κ3) is 3.80. The van der Waals surface area contributed by atoms with E-state index in [1.807, 2.05) is 30.3 Å². The molecule has 6 nitrogen and oxygen atoms in total. The summed E-state index contributed by atoms with van der Waals surface area (Å²) in [6, 6.07) is 16.1. The number of carbonyl (C=O) groups is 2. The molecule has 0 unspecified atom stereocenters. The number of benzene rings is 2. The van der Waals surface area contributed by atoms with Crippen LogP contribution in [0.15, 0.2) is 66.9 Å². The fourth-order valence-corrected chi connectivity index (χ4v) is 2.03. The molecule has 0 aliphatic heterocycles. The Morgan fingerprint density at radius 1 is 0.875 bits per heavy atom. The summed E-state index contributed by atoms with van der Waals surface area (Å²) in [6.07, 6.45) is 4.39. The van der Waals surface area contributed by atoms with E-state index in [9.17, 15) is 9.59 Å². The molecule has 2 amide bonds. The van der Waals surface area contributed by atoms with Gasteiger partial charge in [-0.3, -0.25) is 25.4 Å². The number of para-hydroxylation sites is 2. The van der Waals surface area contributed by atoms with Gasteiger partial charge in [0.25, 0.3) is 11.8 Å². The van der Waals surface area contributed by atoms with Crippen molar-refractivity contribution in [3.05, 3.63) is 78.1 Å². The van der Waals surface area contributed by atoms with Crippen molar-refractivity contribution in [3.63, 3.8) is 0 Å². The molecule has 0 fully saturated rings. The molecule has 0 spiro atoms. The number of hydrazine groups is 1. The molecule has 2 N–H and O–H groups in total. The number of rotatable bonds is 3. The van der Waals surface area contributed by atoms with Gasteiger partial charge >= 0.3 is 0 Å². The second kappa shape index (κ2) is 7.15. The van der Waals surface area contributed by atoms with Crippen LogP contribution in [0.1, 0.15) is 16.1 Å². The molecule has 118 valence electrons. The molecule has 24 heavy (non-hydrogen) atoms. The van der Waals surface area contributed by atoms with Gasteiger partial charge in [0.15, 0.2) is 0 Å². The predicted molar refractivity (Wildman–Crippen MR) is 90.6 cm³/mol. The zero-order valence-corrected chi connectivity index (χ0v) is 12.6.